The lowest BCUT2D eigenvalue weighted by molar-refractivity contribution is -0.895. The Balaban J connectivity index is 1.54. The quantitative estimate of drug-likeness (QED) is 0.749. The van der Waals surface area contributed by atoms with Crippen LogP contribution < -0.4 is 10.2 Å². The summed E-state index contributed by atoms with van der Waals surface area (Å²) < 4.78 is 40.0. The summed E-state index contributed by atoms with van der Waals surface area (Å²) in [6.45, 7) is 3.99. The predicted molar refractivity (Wildman–Crippen MR) is 105 cm³/mol. The van der Waals surface area contributed by atoms with E-state index in [1.165, 1.54) is 22.5 Å². The second-order valence-electron chi connectivity index (χ2n) is 6.89. The fourth-order valence-electron chi connectivity index (χ4n) is 3.30. The molecule has 2 N–H and O–H groups in total. The molecule has 0 saturated carbocycles. The van der Waals surface area contributed by atoms with Crippen LogP contribution >= 0.6 is 0 Å². The number of quaternary nitrogens is 1. The lowest BCUT2D eigenvalue weighted by Gasteiger charge is -2.31. The van der Waals surface area contributed by atoms with Crippen LogP contribution in [0.25, 0.3) is 0 Å². The minimum Gasteiger partial charge on any atom is -0.325 e. The van der Waals surface area contributed by atoms with E-state index in [-0.39, 0.29) is 17.3 Å². The van der Waals surface area contributed by atoms with Gasteiger partial charge in [-0.2, -0.15) is 4.31 Å². The number of hydrogen-bond donors (Lipinski definition) is 2. The molecule has 150 valence electrons. The molecule has 0 atom stereocenters. The number of sulfonamides is 1. The molecule has 1 fully saturated rings. The minimum atomic E-state index is -3.71. The largest absolute Gasteiger partial charge is 0.325 e. The number of halogens is 1. The van der Waals surface area contributed by atoms with E-state index in [9.17, 15) is 17.6 Å². The Morgan fingerprint density at radius 1 is 1.14 bits per heavy atom. The molecule has 28 heavy (non-hydrogen) atoms. The zero-order valence-corrected chi connectivity index (χ0v) is 16.6. The molecule has 2 aromatic carbocycles. The van der Waals surface area contributed by atoms with Gasteiger partial charge in [-0.15, -0.1) is 0 Å². The monoisotopic (exact) mass is 406 g/mol. The molecule has 0 aromatic heterocycles. The van der Waals surface area contributed by atoms with Gasteiger partial charge in [0, 0.05) is 5.69 Å². The Kier molecular flexibility index (Phi) is 6.43. The molecule has 1 aliphatic heterocycles. The predicted octanol–water partition coefficient (Wildman–Crippen LogP) is 0.916. The molecule has 1 heterocycles. The minimum absolute atomic E-state index is 0.0375. The summed E-state index contributed by atoms with van der Waals surface area (Å²) in [4.78, 5) is 13.3. The summed E-state index contributed by atoms with van der Waals surface area (Å²) in [6.07, 6.45) is 0.900. The average molecular weight is 407 g/mol. The zero-order chi connectivity index (χ0) is 20.1. The SMILES string of the molecule is CCc1cccc(NC(=O)C[NH+]2CCN(S(=O)(=O)c3cccc(F)c3)CC2)c1. The third kappa shape index (κ3) is 4.95. The van der Waals surface area contributed by atoms with Gasteiger partial charge in [0.2, 0.25) is 10.0 Å². The van der Waals surface area contributed by atoms with Gasteiger partial charge in [0.05, 0.1) is 31.1 Å². The van der Waals surface area contributed by atoms with Crippen molar-refractivity contribution in [2.75, 3.05) is 38.0 Å². The van der Waals surface area contributed by atoms with Gasteiger partial charge < -0.3 is 10.2 Å². The highest BCUT2D eigenvalue weighted by atomic mass is 32.2. The smallest absolute Gasteiger partial charge is 0.279 e. The molecule has 0 unspecified atom stereocenters. The Hall–Kier alpha value is -2.29. The van der Waals surface area contributed by atoms with Crippen LogP contribution in [0.3, 0.4) is 0 Å². The number of carbonyl (C=O) groups excluding carboxylic acids is 1. The van der Waals surface area contributed by atoms with Gasteiger partial charge in [0.1, 0.15) is 5.82 Å². The topological polar surface area (TPSA) is 70.9 Å². The molecular formula is C20H25FN3O3S+. The van der Waals surface area contributed by atoms with Crippen molar-refractivity contribution in [1.29, 1.82) is 0 Å². The van der Waals surface area contributed by atoms with Crippen molar-refractivity contribution in [3.63, 3.8) is 0 Å². The van der Waals surface area contributed by atoms with E-state index in [2.05, 4.69) is 12.2 Å². The Labute approximate surface area is 165 Å². The molecule has 2 aromatic rings. The Bertz CT molecular complexity index is 941. The number of aryl methyl sites for hydroxylation is 1. The van der Waals surface area contributed by atoms with E-state index in [0.717, 1.165) is 28.6 Å². The van der Waals surface area contributed by atoms with Crippen molar-refractivity contribution in [2.24, 2.45) is 0 Å². The summed E-state index contributed by atoms with van der Waals surface area (Å²) in [5.41, 5.74) is 1.93. The van der Waals surface area contributed by atoms with E-state index < -0.39 is 15.8 Å². The van der Waals surface area contributed by atoms with E-state index in [1.807, 2.05) is 24.3 Å². The van der Waals surface area contributed by atoms with Crippen LogP contribution in [0.4, 0.5) is 10.1 Å². The summed E-state index contributed by atoms with van der Waals surface area (Å²) >= 11 is 0. The normalized spacial score (nSPS) is 16.1. The third-order valence-corrected chi connectivity index (χ3v) is 6.79. The molecule has 0 aliphatic carbocycles. The molecule has 1 aliphatic rings. The first-order valence-electron chi connectivity index (χ1n) is 9.36. The summed E-state index contributed by atoms with van der Waals surface area (Å²) in [5.74, 6) is -0.668. The highest BCUT2D eigenvalue weighted by Crippen LogP contribution is 2.16. The molecule has 1 saturated heterocycles. The second-order valence-corrected chi connectivity index (χ2v) is 8.83. The van der Waals surface area contributed by atoms with Gasteiger partial charge in [-0.25, -0.2) is 12.8 Å². The lowest BCUT2D eigenvalue weighted by Crippen LogP contribution is -3.15. The number of piperazine rings is 1. The van der Waals surface area contributed by atoms with Crippen LogP contribution in [0.1, 0.15) is 12.5 Å². The van der Waals surface area contributed by atoms with Crippen molar-refractivity contribution in [2.45, 2.75) is 18.2 Å². The van der Waals surface area contributed by atoms with Crippen molar-refractivity contribution < 1.29 is 22.5 Å². The maximum atomic E-state index is 13.4. The maximum absolute atomic E-state index is 13.4. The number of nitrogens with one attached hydrogen (secondary N) is 2. The van der Waals surface area contributed by atoms with Crippen LogP contribution in [-0.2, 0) is 21.2 Å². The number of hydrogen-bond acceptors (Lipinski definition) is 3. The fraction of sp³-hybridized carbons (Fsp3) is 0.350. The van der Waals surface area contributed by atoms with Gasteiger partial charge in [-0.3, -0.25) is 4.79 Å². The first-order valence-corrected chi connectivity index (χ1v) is 10.8. The summed E-state index contributed by atoms with van der Waals surface area (Å²) in [6, 6.07) is 12.8. The lowest BCUT2D eigenvalue weighted by atomic mass is 10.1. The average Bonchev–Trinajstić information content (AvgIpc) is 2.68. The highest BCUT2D eigenvalue weighted by molar-refractivity contribution is 7.89. The number of amides is 1. The maximum Gasteiger partial charge on any atom is 0.279 e. The van der Waals surface area contributed by atoms with E-state index in [1.54, 1.807) is 0 Å². The number of benzene rings is 2. The van der Waals surface area contributed by atoms with Crippen molar-refractivity contribution in [1.82, 2.24) is 4.31 Å². The van der Waals surface area contributed by atoms with Crippen molar-refractivity contribution >= 4 is 21.6 Å². The summed E-state index contributed by atoms with van der Waals surface area (Å²) in [7, 11) is -3.71. The van der Waals surface area contributed by atoms with Gasteiger partial charge in [-0.05, 0) is 42.3 Å². The van der Waals surface area contributed by atoms with E-state index in [0.29, 0.717) is 26.2 Å². The molecule has 6 nitrogen and oxygen atoms in total. The standard InChI is InChI=1S/C20H24FN3O3S/c1-2-16-5-3-7-18(13-16)22-20(25)15-23-9-11-24(12-10-23)28(26,27)19-8-4-6-17(21)14-19/h3-8,13-14H,2,9-12,15H2,1H3,(H,22,25)/p+1. The third-order valence-electron chi connectivity index (χ3n) is 4.89. The van der Waals surface area contributed by atoms with Gasteiger partial charge >= 0.3 is 0 Å². The molecule has 1 amide bonds. The van der Waals surface area contributed by atoms with Crippen LogP contribution in [-0.4, -0.2) is 51.4 Å². The van der Waals surface area contributed by atoms with Crippen LogP contribution in [0, 0.1) is 5.82 Å². The molecule has 8 heteroatoms. The molecule has 0 radical (unpaired) electrons. The van der Waals surface area contributed by atoms with Crippen molar-refractivity contribution in [3.05, 3.63) is 59.9 Å². The van der Waals surface area contributed by atoms with E-state index in [4.69, 9.17) is 0 Å². The molecule has 3 rings (SSSR count). The van der Waals surface area contributed by atoms with Gasteiger partial charge in [0.15, 0.2) is 6.54 Å². The van der Waals surface area contributed by atoms with Gasteiger partial charge in [0.25, 0.3) is 5.91 Å². The fourth-order valence-corrected chi connectivity index (χ4v) is 4.77. The first-order chi connectivity index (χ1) is 13.4. The van der Waals surface area contributed by atoms with Crippen molar-refractivity contribution in [3.8, 4) is 0 Å². The second kappa shape index (κ2) is 8.81. The number of carbonyl (C=O) groups is 1. The first kappa shape index (κ1) is 20.4. The highest BCUT2D eigenvalue weighted by Gasteiger charge is 2.31. The zero-order valence-electron chi connectivity index (χ0n) is 15.8. The number of anilines is 1. The number of nitrogens with zero attached hydrogens (tertiary/aromatic N) is 1. The van der Waals surface area contributed by atoms with Crippen LogP contribution in [0.5, 0.6) is 0 Å². The number of rotatable bonds is 6. The Morgan fingerprint density at radius 2 is 1.86 bits per heavy atom. The van der Waals surface area contributed by atoms with Crippen LogP contribution in [0.2, 0.25) is 0 Å². The Morgan fingerprint density at radius 3 is 2.54 bits per heavy atom. The van der Waals surface area contributed by atoms with E-state index >= 15 is 0 Å². The summed E-state index contributed by atoms with van der Waals surface area (Å²) in [5, 5.41) is 2.90. The molecule has 0 bridgehead atoms. The molecule has 0 spiro atoms. The molecular weight excluding hydrogens is 381 g/mol. The van der Waals surface area contributed by atoms with Crippen LogP contribution in [0.15, 0.2) is 53.4 Å². The van der Waals surface area contributed by atoms with Gasteiger partial charge in [-0.1, -0.05) is 25.1 Å².